The lowest BCUT2D eigenvalue weighted by molar-refractivity contribution is 0.0975. The molecule has 2 heteroatoms. The van der Waals surface area contributed by atoms with Crippen LogP contribution < -0.4 is 5.32 Å². The Morgan fingerprint density at radius 1 is 1.50 bits per heavy atom. The Kier molecular flexibility index (Phi) is 3.50. The highest BCUT2D eigenvalue weighted by molar-refractivity contribution is 5.12. The number of rotatable bonds is 3. The molecule has 0 saturated heterocycles. The van der Waals surface area contributed by atoms with E-state index in [4.69, 9.17) is 0 Å². The fraction of sp³-hybridized carbons (Fsp3) is 0.600. The average Bonchev–Trinajstić information content (AvgIpc) is 2.17. The lowest BCUT2D eigenvalue weighted by Crippen LogP contribution is -2.39. The van der Waals surface area contributed by atoms with Crippen LogP contribution in [0, 0.1) is 5.92 Å². The van der Waals surface area contributed by atoms with E-state index in [-0.39, 0.29) is 18.1 Å². The molecule has 1 unspecified atom stereocenters. The normalized spacial score (nSPS) is 27.1. The van der Waals surface area contributed by atoms with Gasteiger partial charge in [-0.05, 0) is 20.4 Å². The summed E-state index contributed by atoms with van der Waals surface area (Å²) in [5, 5.41) is 12.8. The predicted octanol–water partition coefficient (Wildman–Crippen LogP) is 1.09. The highest BCUT2D eigenvalue weighted by atomic mass is 16.3. The first-order valence-electron chi connectivity index (χ1n) is 4.44. The SMILES string of the molecule is CN[C@@H](C)[C@@H](O)C1C=CC=CC1. The summed E-state index contributed by atoms with van der Waals surface area (Å²) in [5.74, 6) is 0.275. The second kappa shape index (κ2) is 4.43. The summed E-state index contributed by atoms with van der Waals surface area (Å²) in [4.78, 5) is 0. The zero-order chi connectivity index (χ0) is 8.97. The topological polar surface area (TPSA) is 32.3 Å². The van der Waals surface area contributed by atoms with E-state index >= 15 is 0 Å². The molecule has 2 N–H and O–H groups in total. The minimum atomic E-state index is -0.281. The van der Waals surface area contributed by atoms with Crippen LogP contribution in [-0.2, 0) is 0 Å². The first-order valence-corrected chi connectivity index (χ1v) is 4.44. The third-order valence-corrected chi connectivity index (χ3v) is 2.42. The smallest absolute Gasteiger partial charge is 0.0755 e. The molecule has 0 saturated carbocycles. The van der Waals surface area contributed by atoms with Crippen molar-refractivity contribution in [2.45, 2.75) is 25.5 Å². The highest BCUT2D eigenvalue weighted by Crippen LogP contribution is 2.17. The Labute approximate surface area is 74.0 Å². The molecule has 0 fully saturated rings. The maximum absolute atomic E-state index is 9.79. The predicted molar refractivity (Wildman–Crippen MR) is 50.9 cm³/mol. The molecule has 0 heterocycles. The van der Waals surface area contributed by atoms with Crippen molar-refractivity contribution in [1.82, 2.24) is 5.32 Å². The number of hydrogen-bond donors (Lipinski definition) is 2. The standard InChI is InChI=1S/C10H17NO/c1-8(11-2)10(12)9-6-4-3-5-7-9/h3-6,8-12H,7H2,1-2H3/t8-,9?,10+/m0/s1. The Hall–Kier alpha value is -0.600. The fourth-order valence-electron chi connectivity index (χ4n) is 1.39. The van der Waals surface area contributed by atoms with Gasteiger partial charge in [-0.1, -0.05) is 24.3 Å². The van der Waals surface area contributed by atoms with Gasteiger partial charge >= 0.3 is 0 Å². The van der Waals surface area contributed by atoms with Gasteiger partial charge in [0.2, 0.25) is 0 Å². The van der Waals surface area contributed by atoms with Gasteiger partial charge in [-0.25, -0.2) is 0 Å². The van der Waals surface area contributed by atoms with E-state index in [1.165, 1.54) is 0 Å². The van der Waals surface area contributed by atoms with Crippen LogP contribution in [-0.4, -0.2) is 24.3 Å². The lowest BCUT2D eigenvalue weighted by Gasteiger charge is -2.25. The molecule has 12 heavy (non-hydrogen) atoms. The van der Waals surface area contributed by atoms with Gasteiger partial charge in [0.25, 0.3) is 0 Å². The zero-order valence-corrected chi connectivity index (χ0v) is 7.70. The second-order valence-corrected chi connectivity index (χ2v) is 3.28. The third kappa shape index (κ3) is 2.19. The summed E-state index contributed by atoms with van der Waals surface area (Å²) in [6, 6.07) is 0.158. The van der Waals surface area contributed by atoms with Crippen molar-refractivity contribution in [3.63, 3.8) is 0 Å². The van der Waals surface area contributed by atoms with Gasteiger partial charge < -0.3 is 10.4 Å². The molecule has 1 aliphatic rings. The quantitative estimate of drug-likeness (QED) is 0.659. The zero-order valence-electron chi connectivity index (χ0n) is 7.70. The molecular formula is C10H17NO. The molecule has 3 atom stereocenters. The molecule has 1 rings (SSSR count). The van der Waals surface area contributed by atoms with E-state index in [1.807, 2.05) is 26.1 Å². The van der Waals surface area contributed by atoms with Crippen molar-refractivity contribution in [1.29, 1.82) is 0 Å². The Balaban J connectivity index is 2.47. The molecule has 0 aliphatic heterocycles. The van der Waals surface area contributed by atoms with Crippen LogP contribution in [0.1, 0.15) is 13.3 Å². The van der Waals surface area contributed by atoms with Crippen molar-refractivity contribution < 1.29 is 5.11 Å². The maximum atomic E-state index is 9.79. The van der Waals surface area contributed by atoms with Crippen molar-refractivity contribution >= 4 is 0 Å². The number of allylic oxidation sites excluding steroid dienone is 3. The lowest BCUT2D eigenvalue weighted by atomic mass is 9.91. The summed E-state index contributed by atoms with van der Waals surface area (Å²) in [7, 11) is 1.87. The van der Waals surface area contributed by atoms with Gasteiger partial charge in [-0.3, -0.25) is 0 Å². The van der Waals surface area contributed by atoms with Crippen LogP contribution in [0.4, 0.5) is 0 Å². The van der Waals surface area contributed by atoms with Crippen LogP contribution in [0.2, 0.25) is 0 Å². The summed E-state index contributed by atoms with van der Waals surface area (Å²) in [6.07, 6.45) is 8.85. The number of nitrogens with one attached hydrogen (secondary N) is 1. The van der Waals surface area contributed by atoms with Gasteiger partial charge in [-0.2, -0.15) is 0 Å². The molecule has 0 radical (unpaired) electrons. The van der Waals surface area contributed by atoms with Gasteiger partial charge in [0.15, 0.2) is 0 Å². The molecule has 0 bridgehead atoms. The summed E-state index contributed by atoms with van der Waals surface area (Å²) in [6.45, 7) is 2.00. The van der Waals surface area contributed by atoms with Crippen LogP contribution >= 0.6 is 0 Å². The van der Waals surface area contributed by atoms with E-state index in [0.717, 1.165) is 6.42 Å². The highest BCUT2D eigenvalue weighted by Gasteiger charge is 2.21. The van der Waals surface area contributed by atoms with E-state index in [0.29, 0.717) is 0 Å². The van der Waals surface area contributed by atoms with Crippen LogP contribution in [0.25, 0.3) is 0 Å². The van der Waals surface area contributed by atoms with Crippen molar-refractivity contribution in [3.05, 3.63) is 24.3 Å². The van der Waals surface area contributed by atoms with Crippen molar-refractivity contribution in [2.24, 2.45) is 5.92 Å². The van der Waals surface area contributed by atoms with Crippen LogP contribution in [0.5, 0.6) is 0 Å². The monoisotopic (exact) mass is 167 g/mol. The van der Waals surface area contributed by atoms with Gasteiger partial charge in [0.1, 0.15) is 0 Å². The van der Waals surface area contributed by atoms with E-state index in [9.17, 15) is 5.11 Å². The van der Waals surface area contributed by atoms with E-state index in [2.05, 4.69) is 17.5 Å². The number of aliphatic hydroxyl groups excluding tert-OH is 1. The first-order chi connectivity index (χ1) is 5.75. The Bertz CT molecular complexity index is 186. The molecule has 0 aromatic heterocycles. The van der Waals surface area contributed by atoms with Gasteiger partial charge in [0.05, 0.1) is 6.10 Å². The molecule has 68 valence electrons. The largest absolute Gasteiger partial charge is 0.391 e. The molecule has 0 aromatic carbocycles. The Morgan fingerprint density at radius 2 is 2.25 bits per heavy atom. The van der Waals surface area contributed by atoms with E-state index < -0.39 is 0 Å². The first kappa shape index (κ1) is 9.49. The fourth-order valence-corrected chi connectivity index (χ4v) is 1.39. The number of likely N-dealkylation sites (N-methyl/N-ethyl adjacent to an activating group) is 1. The second-order valence-electron chi connectivity index (χ2n) is 3.28. The summed E-state index contributed by atoms with van der Waals surface area (Å²) < 4.78 is 0. The van der Waals surface area contributed by atoms with Crippen molar-refractivity contribution in [3.8, 4) is 0 Å². The Morgan fingerprint density at radius 3 is 2.75 bits per heavy atom. The van der Waals surface area contributed by atoms with E-state index in [1.54, 1.807) is 0 Å². The average molecular weight is 167 g/mol. The number of hydrogen-bond acceptors (Lipinski definition) is 2. The van der Waals surface area contributed by atoms with Gasteiger partial charge in [-0.15, -0.1) is 0 Å². The summed E-state index contributed by atoms with van der Waals surface area (Å²) >= 11 is 0. The molecule has 0 spiro atoms. The third-order valence-electron chi connectivity index (χ3n) is 2.42. The van der Waals surface area contributed by atoms with Crippen LogP contribution in [0.3, 0.4) is 0 Å². The van der Waals surface area contributed by atoms with Crippen LogP contribution in [0.15, 0.2) is 24.3 Å². The molecule has 0 amide bonds. The van der Waals surface area contributed by atoms with Gasteiger partial charge in [0, 0.05) is 12.0 Å². The molecular weight excluding hydrogens is 150 g/mol. The maximum Gasteiger partial charge on any atom is 0.0755 e. The van der Waals surface area contributed by atoms with Crippen molar-refractivity contribution in [2.75, 3.05) is 7.05 Å². The minimum Gasteiger partial charge on any atom is -0.391 e. The molecule has 0 aromatic rings. The molecule has 2 nitrogen and oxygen atoms in total. The molecule has 1 aliphatic carbocycles. The number of aliphatic hydroxyl groups is 1. The minimum absolute atomic E-state index is 0.158. The summed E-state index contributed by atoms with van der Waals surface area (Å²) in [5.41, 5.74) is 0.